The molecule has 0 amide bonds. The predicted octanol–water partition coefficient (Wildman–Crippen LogP) is 19.2. The average Bonchev–Trinajstić information content (AvgIpc) is 1.61. The lowest BCUT2D eigenvalue weighted by atomic mass is 9.36. The Bertz CT molecular complexity index is 5750. The standard InChI is InChI=1S/C87H58B2N6O3S/c1-86(2)60-31-13-17-35-66(60)92(67-36-18-14-32-61(67)86)54-42-72-80-77(44-54)96-75-48-70-58(46-64(75)88(80)84-82(56-29-11-21-39-74(56)98-84)94(72)51-24-7-5-8-25-51)59-47-65-76(49-71(59)91(70)53-28-23-41-90-50-53)97-78-45-55(93-68-37-19-15-33-62(68)87(3,4)63-34-16-20-38-69(63)93)43-73-81(78)89(65)85-83(57-30-12-22-40-79(57)99-85)95(73)52-26-9-6-10-27-52/h5-50H,1-4H3. The number of para-hydroxylation sites is 7. The molecule has 0 spiro atoms. The van der Waals surface area contributed by atoms with Crippen molar-refractivity contribution in [2.24, 2.45) is 0 Å². The maximum Gasteiger partial charge on any atom is 0.301 e. The maximum absolute atomic E-state index is 7.75. The highest BCUT2D eigenvalue weighted by Crippen LogP contribution is 2.58. The number of benzene rings is 12. The quantitative estimate of drug-likeness (QED) is 0.158. The summed E-state index contributed by atoms with van der Waals surface area (Å²) in [7, 11) is 0. The molecular weight excluding hydrogens is 1230 g/mol. The lowest BCUT2D eigenvalue weighted by Crippen LogP contribution is -2.59. The van der Waals surface area contributed by atoms with Gasteiger partial charge in [0.25, 0.3) is 6.71 Å². The van der Waals surface area contributed by atoms with E-state index in [0.717, 1.165) is 152 Å². The Morgan fingerprint density at radius 1 is 0.364 bits per heavy atom. The summed E-state index contributed by atoms with van der Waals surface area (Å²) in [6, 6.07) is 97.8. The van der Waals surface area contributed by atoms with Crippen LogP contribution in [-0.2, 0) is 10.8 Å². The molecule has 0 aliphatic carbocycles. The van der Waals surface area contributed by atoms with Crippen LogP contribution in [0.25, 0.3) is 48.5 Å². The number of hydrogen-bond acceptors (Lipinski definition) is 9. The van der Waals surface area contributed by atoms with E-state index in [1.54, 1.807) is 0 Å². The summed E-state index contributed by atoms with van der Waals surface area (Å²) in [5.41, 5.74) is 26.5. The number of hydrogen-bond donors (Lipinski definition) is 0. The maximum atomic E-state index is 7.75. The summed E-state index contributed by atoms with van der Waals surface area (Å²) in [6.45, 7) is 8.82. The van der Waals surface area contributed by atoms with Crippen LogP contribution in [0.2, 0.25) is 0 Å². The monoisotopic (exact) mass is 1290 g/mol. The zero-order valence-corrected chi connectivity index (χ0v) is 55.3. The van der Waals surface area contributed by atoms with E-state index in [0.29, 0.717) is 0 Å². The molecule has 0 radical (unpaired) electrons. The minimum atomic E-state index is -0.367. The van der Waals surface area contributed by atoms with Crippen LogP contribution in [0.3, 0.4) is 0 Å². The molecule has 22 rings (SSSR count). The van der Waals surface area contributed by atoms with Gasteiger partial charge in [0.15, 0.2) is 0 Å². The highest BCUT2D eigenvalue weighted by Gasteiger charge is 2.50. The van der Waals surface area contributed by atoms with E-state index < -0.39 is 0 Å². The summed E-state index contributed by atoms with van der Waals surface area (Å²) >= 11 is 1.89. The number of pyridine rings is 1. The summed E-state index contributed by atoms with van der Waals surface area (Å²) in [5.74, 6) is 3.17. The third kappa shape index (κ3) is 7.42. The Hall–Kier alpha value is -12.0. The number of fused-ring (bicyclic) bond motifs is 19. The first-order valence-corrected chi connectivity index (χ1v) is 35.0. The number of ether oxygens (including phenoxy) is 2. The van der Waals surface area contributed by atoms with Crippen molar-refractivity contribution in [3.8, 4) is 28.7 Å². The largest absolute Gasteiger partial charge is 0.468 e. The zero-order chi connectivity index (χ0) is 65.3. The van der Waals surface area contributed by atoms with Crippen molar-refractivity contribution < 1.29 is 13.9 Å². The molecule has 10 heterocycles. The van der Waals surface area contributed by atoms with Crippen LogP contribution in [0.4, 0.5) is 68.2 Å². The van der Waals surface area contributed by atoms with Crippen molar-refractivity contribution in [2.75, 3.05) is 19.6 Å². The Morgan fingerprint density at radius 2 is 0.818 bits per heavy atom. The molecule has 0 saturated carbocycles. The van der Waals surface area contributed by atoms with E-state index in [2.05, 4.69) is 313 Å². The molecule has 9 nitrogen and oxygen atoms in total. The SMILES string of the molecule is CC1(C)c2ccccc2N(c2cc3c4c(c2)N(c2ccccc2)c2c(oc5ccccc25)B4c2cc4c5cc6c(cc5n(-c5cccnc5)c4cc2O3)Oc2cc(N3c4ccccc4C(C)(C)c4ccccc43)cc3c2B6c2sc4ccccc4c2N3c2ccccc2)c2ccccc21. The molecule has 99 heavy (non-hydrogen) atoms. The van der Waals surface area contributed by atoms with Gasteiger partial charge in [-0.3, -0.25) is 4.98 Å². The van der Waals surface area contributed by atoms with Crippen molar-refractivity contribution >= 4 is 168 Å². The molecule has 0 N–H and O–H groups in total. The second-order valence-electron chi connectivity index (χ2n) is 28.1. The van der Waals surface area contributed by atoms with E-state index in [1.807, 2.05) is 29.8 Å². The first kappa shape index (κ1) is 55.2. The number of rotatable bonds is 5. The lowest BCUT2D eigenvalue weighted by Gasteiger charge is -2.43. The lowest BCUT2D eigenvalue weighted by molar-refractivity contribution is 0.488. The summed E-state index contributed by atoms with van der Waals surface area (Å²) in [4.78, 5) is 14.7. The van der Waals surface area contributed by atoms with Gasteiger partial charge in [0.05, 0.1) is 74.1 Å². The molecular formula is C87H58B2N6O3S. The fraction of sp³-hybridized carbons (Fsp3) is 0.0690. The number of furan rings is 1. The van der Waals surface area contributed by atoms with E-state index in [1.165, 1.54) is 42.8 Å². The van der Waals surface area contributed by atoms with Crippen molar-refractivity contribution in [1.82, 2.24) is 9.55 Å². The highest BCUT2D eigenvalue weighted by atomic mass is 32.1. The topological polar surface area (TPSA) is 62.4 Å². The minimum absolute atomic E-state index is 0.198. The van der Waals surface area contributed by atoms with Gasteiger partial charge in [-0.1, -0.05) is 179 Å². The third-order valence-electron chi connectivity index (χ3n) is 22.2. The molecule has 12 aromatic carbocycles. The molecule has 0 unspecified atom stereocenters. The summed E-state index contributed by atoms with van der Waals surface area (Å²) in [6.07, 6.45) is 3.82. The van der Waals surface area contributed by atoms with Gasteiger partial charge < -0.3 is 38.1 Å². The molecule has 16 aromatic rings. The molecule has 6 aliphatic heterocycles. The molecule has 0 bridgehead atoms. The van der Waals surface area contributed by atoms with Gasteiger partial charge in [0.1, 0.15) is 28.6 Å². The molecule has 6 aliphatic rings. The molecule has 12 heteroatoms. The predicted molar refractivity (Wildman–Crippen MR) is 409 cm³/mol. The smallest absolute Gasteiger partial charge is 0.301 e. The Labute approximate surface area is 576 Å². The van der Waals surface area contributed by atoms with Crippen molar-refractivity contribution in [3.63, 3.8) is 0 Å². The van der Waals surface area contributed by atoms with Gasteiger partial charge in [-0.05, 0) is 130 Å². The van der Waals surface area contributed by atoms with Crippen LogP contribution < -0.4 is 61.4 Å². The van der Waals surface area contributed by atoms with Crippen LogP contribution in [0.5, 0.6) is 23.0 Å². The van der Waals surface area contributed by atoms with Crippen molar-refractivity contribution in [2.45, 2.75) is 38.5 Å². The highest BCUT2D eigenvalue weighted by molar-refractivity contribution is 7.33. The van der Waals surface area contributed by atoms with Gasteiger partial charge in [-0.25, -0.2) is 0 Å². The second-order valence-corrected chi connectivity index (χ2v) is 29.2. The van der Waals surface area contributed by atoms with Crippen LogP contribution >= 0.6 is 11.3 Å². The zero-order valence-electron chi connectivity index (χ0n) is 54.5. The van der Waals surface area contributed by atoms with Gasteiger partial charge in [-0.2, -0.15) is 0 Å². The molecule has 466 valence electrons. The fourth-order valence-corrected chi connectivity index (χ4v) is 19.3. The van der Waals surface area contributed by atoms with Gasteiger partial charge in [0.2, 0.25) is 0 Å². The fourth-order valence-electron chi connectivity index (χ4n) is 17.9. The number of thiophene rings is 1. The minimum Gasteiger partial charge on any atom is -0.468 e. The van der Waals surface area contributed by atoms with Crippen LogP contribution in [0.1, 0.15) is 49.9 Å². The van der Waals surface area contributed by atoms with Crippen LogP contribution in [0, 0.1) is 0 Å². The van der Waals surface area contributed by atoms with E-state index in [-0.39, 0.29) is 24.3 Å². The normalized spacial score (nSPS) is 15.1. The van der Waals surface area contributed by atoms with Crippen molar-refractivity contribution in [3.05, 3.63) is 302 Å². The first-order chi connectivity index (χ1) is 48.6. The van der Waals surface area contributed by atoms with E-state index >= 15 is 0 Å². The Kier molecular flexibility index (Phi) is 11.1. The first-order valence-electron chi connectivity index (χ1n) is 34.1. The molecule has 0 fully saturated rings. The van der Waals surface area contributed by atoms with Crippen LogP contribution in [0.15, 0.2) is 284 Å². The molecule has 0 saturated heterocycles. The second kappa shape index (κ2) is 19.8. The van der Waals surface area contributed by atoms with E-state index in [4.69, 9.17) is 18.9 Å². The van der Waals surface area contributed by atoms with E-state index in [9.17, 15) is 0 Å². The molecule has 4 aromatic heterocycles. The van der Waals surface area contributed by atoms with Gasteiger partial charge in [-0.15, -0.1) is 11.3 Å². The number of anilines is 12. The molecule has 0 atom stereocenters. The van der Waals surface area contributed by atoms with Gasteiger partial charge >= 0.3 is 6.71 Å². The average molecular weight is 1290 g/mol. The number of aromatic nitrogens is 2. The number of nitrogens with zero attached hydrogens (tertiary/aromatic N) is 6. The summed E-state index contributed by atoms with van der Waals surface area (Å²) < 4.78 is 27.7. The van der Waals surface area contributed by atoms with Gasteiger partial charge in [0, 0.05) is 101 Å². The summed E-state index contributed by atoms with van der Waals surface area (Å²) in [5, 5.41) is 4.43. The Balaban J connectivity index is 0.806. The van der Waals surface area contributed by atoms with Crippen molar-refractivity contribution in [1.29, 1.82) is 0 Å². The van der Waals surface area contributed by atoms with Crippen LogP contribution in [-0.4, -0.2) is 23.0 Å². The third-order valence-corrected chi connectivity index (χ3v) is 23.5. The Morgan fingerprint density at radius 3 is 1.35 bits per heavy atom.